The summed E-state index contributed by atoms with van der Waals surface area (Å²) in [6.07, 6.45) is 0. The summed E-state index contributed by atoms with van der Waals surface area (Å²) < 4.78 is 27.3. The Morgan fingerprint density at radius 3 is 2.67 bits per heavy atom. The second-order valence-electron chi connectivity index (χ2n) is 5.74. The molecule has 7 nitrogen and oxygen atoms in total. The summed E-state index contributed by atoms with van der Waals surface area (Å²) in [5.41, 5.74) is 3.45. The predicted octanol–water partition coefficient (Wildman–Crippen LogP) is 1.98. The van der Waals surface area contributed by atoms with Crippen molar-refractivity contribution in [3.8, 4) is 0 Å². The molecule has 2 aromatic rings. The van der Waals surface area contributed by atoms with Crippen molar-refractivity contribution in [2.75, 3.05) is 0 Å². The molecule has 0 unspecified atom stereocenters. The Kier molecular flexibility index (Phi) is 4.35. The van der Waals surface area contributed by atoms with Crippen LogP contribution in [0.4, 0.5) is 5.69 Å². The van der Waals surface area contributed by atoms with Crippen LogP contribution in [0.2, 0.25) is 0 Å². The molecular weight excluding hydrogens is 330 g/mol. The van der Waals surface area contributed by atoms with Gasteiger partial charge in [-0.3, -0.25) is 10.1 Å². The average Bonchev–Trinajstić information content (AvgIpc) is 3.00. The van der Waals surface area contributed by atoms with E-state index in [1.165, 1.54) is 17.7 Å². The molecule has 0 saturated carbocycles. The van der Waals surface area contributed by atoms with Gasteiger partial charge in [0.05, 0.1) is 9.82 Å². The zero-order chi connectivity index (χ0) is 17.3. The molecule has 2 aromatic carbocycles. The molecule has 0 spiro atoms. The van der Waals surface area contributed by atoms with E-state index in [2.05, 4.69) is 10.0 Å². The molecular formula is C16H17N3O4S. The molecule has 8 heteroatoms. The maximum absolute atomic E-state index is 12.4. The number of fused-ring (bicyclic) bond motifs is 1. The molecule has 0 aromatic heterocycles. The minimum atomic E-state index is -3.82. The van der Waals surface area contributed by atoms with Gasteiger partial charge >= 0.3 is 0 Å². The van der Waals surface area contributed by atoms with Crippen LogP contribution in [0.5, 0.6) is 0 Å². The molecule has 0 saturated heterocycles. The molecule has 24 heavy (non-hydrogen) atoms. The number of aryl methyl sites for hydroxylation is 1. The van der Waals surface area contributed by atoms with Crippen molar-refractivity contribution in [3.63, 3.8) is 0 Å². The molecule has 3 rings (SSSR count). The van der Waals surface area contributed by atoms with Gasteiger partial charge in [0, 0.05) is 31.3 Å². The molecule has 1 aliphatic rings. The first-order valence-electron chi connectivity index (χ1n) is 7.43. The van der Waals surface area contributed by atoms with Crippen LogP contribution in [0, 0.1) is 17.0 Å². The lowest BCUT2D eigenvalue weighted by atomic mass is 10.1. The van der Waals surface area contributed by atoms with Crippen molar-refractivity contribution in [1.82, 2.24) is 10.0 Å². The second kappa shape index (κ2) is 6.31. The molecule has 0 bridgehead atoms. The number of rotatable bonds is 5. The van der Waals surface area contributed by atoms with Crippen LogP contribution in [0.15, 0.2) is 41.3 Å². The van der Waals surface area contributed by atoms with Gasteiger partial charge in [0.1, 0.15) is 0 Å². The van der Waals surface area contributed by atoms with Crippen molar-refractivity contribution >= 4 is 15.7 Å². The highest BCUT2D eigenvalue weighted by Gasteiger charge is 2.20. The van der Waals surface area contributed by atoms with Crippen LogP contribution in [0.25, 0.3) is 0 Å². The number of hydrogen-bond donors (Lipinski definition) is 2. The Balaban J connectivity index is 1.79. The first-order chi connectivity index (χ1) is 11.4. The topological polar surface area (TPSA) is 101 Å². The van der Waals surface area contributed by atoms with Crippen molar-refractivity contribution < 1.29 is 13.3 Å². The lowest BCUT2D eigenvalue weighted by molar-refractivity contribution is -0.385. The van der Waals surface area contributed by atoms with Crippen LogP contribution in [0.1, 0.15) is 22.3 Å². The fourth-order valence-electron chi connectivity index (χ4n) is 2.67. The Labute approximate surface area is 139 Å². The smallest absolute Gasteiger partial charge is 0.273 e. The quantitative estimate of drug-likeness (QED) is 0.636. The lowest BCUT2D eigenvalue weighted by Crippen LogP contribution is -2.23. The van der Waals surface area contributed by atoms with Gasteiger partial charge in [0.15, 0.2) is 0 Å². The number of sulfonamides is 1. The van der Waals surface area contributed by atoms with E-state index in [1.807, 2.05) is 18.2 Å². The van der Waals surface area contributed by atoms with Gasteiger partial charge in [-0.15, -0.1) is 0 Å². The lowest BCUT2D eigenvalue weighted by Gasteiger charge is -2.09. The van der Waals surface area contributed by atoms with Gasteiger partial charge in [-0.1, -0.05) is 24.3 Å². The third-order valence-corrected chi connectivity index (χ3v) is 5.45. The Hall–Kier alpha value is -2.29. The predicted molar refractivity (Wildman–Crippen MR) is 88.8 cm³/mol. The average molecular weight is 347 g/mol. The van der Waals surface area contributed by atoms with E-state index in [1.54, 1.807) is 6.92 Å². The number of nitrogens with zero attached hydrogens (tertiary/aromatic N) is 1. The first kappa shape index (κ1) is 16.6. The summed E-state index contributed by atoms with van der Waals surface area (Å²) in [7, 11) is -3.82. The van der Waals surface area contributed by atoms with E-state index in [-0.39, 0.29) is 17.1 Å². The van der Waals surface area contributed by atoms with E-state index in [0.717, 1.165) is 30.3 Å². The minimum Gasteiger partial charge on any atom is -0.309 e. The van der Waals surface area contributed by atoms with Gasteiger partial charge in [-0.25, -0.2) is 13.1 Å². The summed E-state index contributed by atoms with van der Waals surface area (Å²) in [5, 5.41) is 14.2. The molecule has 126 valence electrons. The number of nitro groups is 1. The zero-order valence-electron chi connectivity index (χ0n) is 13.1. The highest BCUT2D eigenvalue weighted by Crippen LogP contribution is 2.22. The maximum atomic E-state index is 12.4. The molecule has 2 N–H and O–H groups in total. The standard InChI is InChI=1S/C16H17N3O4S/c1-11-2-5-15(7-16(11)19(20)21)24(22,23)18-8-12-3-4-13-9-17-10-14(13)6-12/h2-7,17-18H,8-10H2,1H3. The fourth-order valence-corrected chi connectivity index (χ4v) is 3.71. The highest BCUT2D eigenvalue weighted by molar-refractivity contribution is 7.89. The van der Waals surface area contributed by atoms with Crippen molar-refractivity contribution in [2.24, 2.45) is 0 Å². The Morgan fingerprint density at radius 1 is 1.17 bits per heavy atom. The minimum absolute atomic E-state index is 0.109. The number of hydrogen-bond acceptors (Lipinski definition) is 5. The molecule has 1 heterocycles. The summed E-state index contributed by atoms with van der Waals surface area (Å²) in [6.45, 7) is 3.31. The van der Waals surface area contributed by atoms with Crippen LogP contribution < -0.4 is 10.0 Å². The summed E-state index contributed by atoms with van der Waals surface area (Å²) in [6, 6.07) is 9.73. The van der Waals surface area contributed by atoms with Gasteiger partial charge in [0.2, 0.25) is 10.0 Å². The van der Waals surface area contributed by atoms with Gasteiger partial charge < -0.3 is 5.32 Å². The van der Waals surface area contributed by atoms with Crippen LogP contribution in [-0.2, 0) is 29.7 Å². The van der Waals surface area contributed by atoms with E-state index in [0.29, 0.717) is 5.56 Å². The summed E-state index contributed by atoms with van der Waals surface area (Å²) >= 11 is 0. The third-order valence-electron chi connectivity index (χ3n) is 4.06. The van der Waals surface area contributed by atoms with Gasteiger partial charge in [0.25, 0.3) is 5.69 Å². The Morgan fingerprint density at radius 2 is 1.92 bits per heavy atom. The maximum Gasteiger partial charge on any atom is 0.273 e. The van der Waals surface area contributed by atoms with E-state index >= 15 is 0 Å². The van der Waals surface area contributed by atoms with Crippen LogP contribution in [-0.4, -0.2) is 13.3 Å². The number of nitrogens with one attached hydrogen (secondary N) is 2. The van der Waals surface area contributed by atoms with Crippen LogP contribution >= 0.6 is 0 Å². The van der Waals surface area contributed by atoms with Crippen LogP contribution in [0.3, 0.4) is 0 Å². The molecule has 0 amide bonds. The van der Waals surface area contributed by atoms with E-state index in [9.17, 15) is 18.5 Å². The monoisotopic (exact) mass is 347 g/mol. The van der Waals surface area contributed by atoms with Gasteiger partial charge in [-0.2, -0.15) is 0 Å². The van der Waals surface area contributed by atoms with Gasteiger partial charge in [-0.05, 0) is 29.7 Å². The first-order valence-corrected chi connectivity index (χ1v) is 8.91. The number of nitro benzene ring substituents is 1. The Bertz CT molecular complexity index is 910. The molecule has 1 aliphatic heterocycles. The van der Waals surface area contributed by atoms with Crippen molar-refractivity contribution in [3.05, 3.63) is 68.8 Å². The summed E-state index contributed by atoms with van der Waals surface area (Å²) in [4.78, 5) is 10.3. The normalized spacial score (nSPS) is 13.7. The second-order valence-corrected chi connectivity index (χ2v) is 7.50. The third kappa shape index (κ3) is 3.30. The molecule has 0 atom stereocenters. The largest absolute Gasteiger partial charge is 0.309 e. The number of benzene rings is 2. The highest BCUT2D eigenvalue weighted by atomic mass is 32.2. The molecule has 0 fully saturated rings. The van der Waals surface area contributed by atoms with E-state index < -0.39 is 14.9 Å². The summed E-state index contributed by atoms with van der Waals surface area (Å²) in [5.74, 6) is 0. The zero-order valence-corrected chi connectivity index (χ0v) is 13.9. The van der Waals surface area contributed by atoms with E-state index in [4.69, 9.17) is 0 Å². The molecule has 0 radical (unpaired) electrons. The fraction of sp³-hybridized carbons (Fsp3) is 0.250. The van der Waals surface area contributed by atoms with Crippen molar-refractivity contribution in [1.29, 1.82) is 0 Å². The SMILES string of the molecule is Cc1ccc(S(=O)(=O)NCc2ccc3c(c2)CNC3)cc1[N+](=O)[O-]. The van der Waals surface area contributed by atoms with Crippen molar-refractivity contribution in [2.45, 2.75) is 31.5 Å². The molecule has 0 aliphatic carbocycles.